The lowest BCUT2D eigenvalue weighted by Gasteiger charge is -2.30. The quantitative estimate of drug-likeness (QED) is 0.394. The van der Waals surface area contributed by atoms with E-state index in [4.69, 9.17) is 16.3 Å². The summed E-state index contributed by atoms with van der Waals surface area (Å²) >= 11 is 6.21. The normalized spacial score (nSPS) is 12.9. The molecule has 0 aromatic heterocycles. The maximum atomic E-state index is 13.4. The topological polar surface area (TPSA) is 96.0 Å². The van der Waals surface area contributed by atoms with E-state index in [1.54, 1.807) is 51.3 Å². The van der Waals surface area contributed by atoms with Crippen LogP contribution in [0.4, 0.5) is 5.69 Å². The molecule has 37 heavy (non-hydrogen) atoms. The van der Waals surface area contributed by atoms with Gasteiger partial charge in [0.1, 0.15) is 11.8 Å². The summed E-state index contributed by atoms with van der Waals surface area (Å²) in [7, 11) is -2.02. The van der Waals surface area contributed by atoms with Crippen LogP contribution in [0.1, 0.15) is 51.2 Å². The summed E-state index contributed by atoms with van der Waals surface area (Å²) in [6.07, 6.45) is 2.25. The highest BCUT2D eigenvalue weighted by Crippen LogP contribution is 2.28. The summed E-state index contributed by atoms with van der Waals surface area (Å²) in [4.78, 5) is 27.8. The van der Waals surface area contributed by atoms with Crippen LogP contribution in [0.5, 0.6) is 5.75 Å². The monoisotopic (exact) mass is 551 g/mol. The molecule has 2 atom stereocenters. The van der Waals surface area contributed by atoms with Gasteiger partial charge in [0.15, 0.2) is 0 Å². The summed E-state index contributed by atoms with van der Waals surface area (Å²) in [5.74, 6) is 0.226. The summed E-state index contributed by atoms with van der Waals surface area (Å²) in [5, 5.41) is 3.41. The van der Waals surface area contributed by atoms with Crippen molar-refractivity contribution in [3.05, 3.63) is 58.6 Å². The van der Waals surface area contributed by atoms with E-state index in [0.717, 1.165) is 18.2 Å². The average molecular weight is 552 g/mol. The van der Waals surface area contributed by atoms with Crippen LogP contribution in [0, 0.1) is 6.92 Å². The number of carbonyl (C=O) groups is 2. The molecule has 10 heteroatoms. The van der Waals surface area contributed by atoms with Gasteiger partial charge < -0.3 is 15.0 Å². The lowest BCUT2D eigenvalue weighted by atomic mass is 10.1. The molecule has 2 amide bonds. The standard InChI is InChI=1S/C27H38ClN3O5S/c1-7-19(2)29-27(33)21(4)30(18-22-13-15-23(36-5)16-14-22)26(32)12-9-17-31(37(6,34)35)25-11-8-10-24(28)20(25)3/h8,10-11,13-16,19,21H,7,9,12,17-18H2,1-6H3,(H,29,33)/t19-,21-/m0/s1. The minimum absolute atomic E-state index is 0.0165. The molecule has 0 saturated heterocycles. The molecule has 0 aliphatic carbocycles. The molecule has 0 unspecified atom stereocenters. The summed E-state index contributed by atoms with van der Waals surface area (Å²) in [6.45, 7) is 7.70. The second-order valence-corrected chi connectivity index (χ2v) is 11.5. The van der Waals surface area contributed by atoms with Crippen LogP contribution in [0.2, 0.25) is 5.02 Å². The van der Waals surface area contributed by atoms with Crippen LogP contribution in [0.3, 0.4) is 0 Å². The summed E-state index contributed by atoms with van der Waals surface area (Å²) in [6, 6.07) is 11.7. The summed E-state index contributed by atoms with van der Waals surface area (Å²) in [5.41, 5.74) is 1.99. The smallest absolute Gasteiger partial charge is 0.242 e. The predicted octanol–water partition coefficient (Wildman–Crippen LogP) is 4.54. The highest BCUT2D eigenvalue weighted by atomic mass is 35.5. The SMILES string of the molecule is CC[C@H](C)NC(=O)[C@H](C)N(Cc1ccc(OC)cc1)C(=O)CCCN(c1cccc(Cl)c1C)S(C)(=O)=O. The number of carbonyl (C=O) groups excluding carboxylic acids is 2. The third-order valence-electron chi connectivity index (χ3n) is 6.34. The second kappa shape index (κ2) is 13.7. The molecule has 1 N–H and O–H groups in total. The molecular formula is C27H38ClN3O5S. The molecule has 0 aliphatic rings. The van der Waals surface area contributed by atoms with E-state index < -0.39 is 16.1 Å². The Morgan fingerprint density at radius 1 is 1.11 bits per heavy atom. The summed E-state index contributed by atoms with van der Waals surface area (Å²) < 4.78 is 31.6. The Balaban J connectivity index is 2.21. The molecule has 8 nitrogen and oxygen atoms in total. The molecule has 0 heterocycles. The zero-order chi connectivity index (χ0) is 27.8. The van der Waals surface area contributed by atoms with Gasteiger partial charge in [-0.2, -0.15) is 0 Å². The number of rotatable bonds is 13. The molecule has 0 bridgehead atoms. The van der Waals surface area contributed by atoms with Crippen LogP contribution in [-0.2, 0) is 26.2 Å². The van der Waals surface area contributed by atoms with Gasteiger partial charge in [-0.15, -0.1) is 0 Å². The second-order valence-electron chi connectivity index (χ2n) is 9.19. The third-order valence-corrected chi connectivity index (χ3v) is 7.93. The van der Waals surface area contributed by atoms with Crippen molar-refractivity contribution in [2.45, 2.75) is 65.6 Å². The first-order chi connectivity index (χ1) is 17.4. The number of anilines is 1. The molecule has 0 saturated carbocycles. The van der Waals surface area contributed by atoms with Gasteiger partial charge in [-0.05, 0) is 69.0 Å². The Bertz CT molecular complexity index is 1170. The molecule has 0 radical (unpaired) electrons. The van der Waals surface area contributed by atoms with E-state index in [9.17, 15) is 18.0 Å². The zero-order valence-electron chi connectivity index (χ0n) is 22.5. The lowest BCUT2D eigenvalue weighted by molar-refractivity contribution is -0.140. The van der Waals surface area contributed by atoms with Crippen molar-refractivity contribution in [2.24, 2.45) is 0 Å². The van der Waals surface area contributed by atoms with E-state index in [0.29, 0.717) is 22.0 Å². The third kappa shape index (κ3) is 8.64. The number of ether oxygens (including phenoxy) is 1. The van der Waals surface area contributed by atoms with Crippen molar-refractivity contribution in [2.75, 3.05) is 24.2 Å². The largest absolute Gasteiger partial charge is 0.497 e. The average Bonchev–Trinajstić information content (AvgIpc) is 2.86. The van der Waals surface area contributed by atoms with Gasteiger partial charge in [-0.3, -0.25) is 13.9 Å². The number of nitrogens with zero attached hydrogens (tertiary/aromatic N) is 2. The van der Waals surface area contributed by atoms with Crippen molar-refractivity contribution >= 4 is 39.1 Å². The van der Waals surface area contributed by atoms with Gasteiger partial charge in [-0.1, -0.05) is 36.7 Å². The molecule has 204 valence electrons. The highest BCUT2D eigenvalue weighted by molar-refractivity contribution is 7.92. The Morgan fingerprint density at radius 3 is 2.32 bits per heavy atom. The number of nitrogens with one attached hydrogen (secondary N) is 1. The van der Waals surface area contributed by atoms with Crippen molar-refractivity contribution in [3.63, 3.8) is 0 Å². The van der Waals surface area contributed by atoms with Gasteiger partial charge in [0, 0.05) is 30.6 Å². The van der Waals surface area contributed by atoms with E-state index in [1.807, 2.05) is 26.0 Å². The van der Waals surface area contributed by atoms with Crippen LogP contribution in [0.15, 0.2) is 42.5 Å². The van der Waals surface area contributed by atoms with Gasteiger partial charge in [-0.25, -0.2) is 8.42 Å². The first kappa shape index (κ1) is 30.4. The molecule has 2 aromatic rings. The van der Waals surface area contributed by atoms with Crippen molar-refractivity contribution in [1.82, 2.24) is 10.2 Å². The van der Waals surface area contributed by atoms with Gasteiger partial charge in [0.05, 0.1) is 19.1 Å². The van der Waals surface area contributed by atoms with Crippen LogP contribution < -0.4 is 14.4 Å². The number of benzene rings is 2. The molecule has 2 rings (SSSR count). The number of hydrogen-bond acceptors (Lipinski definition) is 5. The van der Waals surface area contributed by atoms with E-state index in [1.165, 1.54) is 9.21 Å². The number of amides is 2. The number of halogens is 1. The highest BCUT2D eigenvalue weighted by Gasteiger charge is 2.27. The molecule has 0 aliphatic heterocycles. The zero-order valence-corrected chi connectivity index (χ0v) is 24.0. The first-order valence-corrected chi connectivity index (χ1v) is 14.6. The van der Waals surface area contributed by atoms with Crippen molar-refractivity contribution in [1.29, 1.82) is 0 Å². The first-order valence-electron chi connectivity index (χ1n) is 12.3. The number of sulfonamides is 1. The van der Waals surface area contributed by atoms with Crippen LogP contribution >= 0.6 is 11.6 Å². The van der Waals surface area contributed by atoms with Crippen LogP contribution in [-0.4, -0.2) is 57.1 Å². The number of methoxy groups -OCH3 is 1. The Labute approximate surface area is 226 Å². The number of hydrogen-bond donors (Lipinski definition) is 1. The fourth-order valence-corrected chi connectivity index (χ4v) is 5.01. The minimum atomic E-state index is -3.60. The van der Waals surface area contributed by atoms with Crippen LogP contribution in [0.25, 0.3) is 0 Å². The van der Waals surface area contributed by atoms with Gasteiger partial charge in [0.25, 0.3) is 0 Å². The fourth-order valence-electron chi connectivity index (χ4n) is 3.82. The Hall–Kier alpha value is -2.78. The molecule has 0 fully saturated rings. The maximum Gasteiger partial charge on any atom is 0.242 e. The van der Waals surface area contributed by atoms with Crippen molar-refractivity contribution in [3.8, 4) is 5.75 Å². The van der Waals surface area contributed by atoms with Gasteiger partial charge >= 0.3 is 0 Å². The van der Waals surface area contributed by atoms with E-state index >= 15 is 0 Å². The van der Waals surface area contributed by atoms with Crippen molar-refractivity contribution < 1.29 is 22.7 Å². The molecule has 2 aromatic carbocycles. The molecule has 0 spiro atoms. The Morgan fingerprint density at radius 2 is 1.76 bits per heavy atom. The Kier molecular flexibility index (Phi) is 11.3. The predicted molar refractivity (Wildman–Crippen MR) is 149 cm³/mol. The van der Waals surface area contributed by atoms with Gasteiger partial charge in [0.2, 0.25) is 21.8 Å². The maximum absolute atomic E-state index is 13.4. The minimum Gasteiger partial charge on any atom is -0.497 e. The lowest BCUT2D eigenvalue weighted by Crippen LogP contribution is -2.49. The van der Waals surface area contributed by atoms with E-state index in [2.05, 4.69) is 5.32 Å². The van der Waals surface area contributed by atoms with E-state index in [-0.39, 0.29) is 43.8 Å². The molecular weight excluding hydrogens is 514 g/mol. The fraction of sp³-hybridized carbons (Fsp3) is 0.481.